The van der Waals surface area contributed by atoms with E-state index in [-0.39, 0.29) is 6.10 Å². The first kappa shape index (κ1) is 15.1. The number of hydrogen-bond donors (Lipinski definition) is 1. The van der Waals surface area contributed by atoms with Crippen molar-refractivity contribution < 1.29 is 4.74 Å². The van der Waals surface area contributed by atoms with Crippen LogP contribution in [0.3, 0.4) is 0 Å². The molecule has 0 saturated heterocycles. The predicted octanol–water partition coefficient (Wildman–Crippen LogP) is 2.63. The second-order valence-corrected chi connectivity index (χ2v) is 4.98. The van der Waals surface area contributed by atoms with Gasteiger partial charge in [0.15, 0.2) is 5.82 Å². The molecule has 0 aliphatic rings. The van der Waals surface area contributed by atoms with Gasteiger partial charge in [0.1, 0.15) is 6.10 Å². The van der Waals surface area contributed by atoms with Crippen LogP contribution in [-0.4, -0.2) is 23.1 Å². The Morgan fingerprint density at radius 1 is 1.28 bits per heavy atom. The van der Waals surface area contributed by atoms with Gasteiger partial charge in [-0.2, -0.15) is 0 Å². The Hall–Kier alpha value is -1.00. The van der Waals surface area contributed by atoms with Gasteiger partial charge in [-0.3, -0.25) is 0 Å². The Bertz CT molecular complexity index is 366. The Labute approximate surface area is 110 Å². The zero-order chi connectivity index (χ0) is 13.5. The standard InChI is InChI=1S/C14H25N3O/c1-6-18-12(5)14-16-11(4)7-13(17-14)9-15-8-10(2)3/h7,10,12,15H,6,8-9H2,1-5H3. The molecule has 0 saturated carbocycles. The van der Waals surface area contributed by atoms with Crippen LogP contribution in [0.5, 0.6) is 0 Å². The molecule has 0 aliphatic heterocycles. The summed E-state index contributed by atoms with van der Waals surface area (Å²) in [6, 6.07) is 2.02. The summed E-state index contributed by atoms with van der Waals surface area (Å²) in [5.74, 6) is 1.42. The molecule has 0 bridgehead atoms. The molecule has 1 rings (SSSR count). The van der Waals surface area contributed by atoms with Crippen molar-refractivity contribution in [2.24, 2.45) is 5.92 Å². The summed E-state index contributed by atoms with van der Waals surface area (Å²) in [4.78, 5) is 8.98. The van der Waals surface area contributed by atoms with E-state index >= 15 is 0 Å². The fourth-order valence-corrected chi connectivity index (χ4v) is 1.74. The average Bonchev–Trinajstić information content (AvgIpc) is 2.28. The summed E-state index contributed by atoms with van der Waals surface area (Å²) < 4.78 is 5.54. The topological polar surface area (TPSA) is 47.0 Å². The highest BCUT2D eigenvalue weighted by molar-refractivity contribution is 5.11. The molecule has 0 aliphatic carbocycles. The second kappa shape index (κ2) is 7.44. The van der Waals surface area contributed by atoms with Crippen molar-refractivity contribution in [2.75, 3.05) is 13.2 Å². The highest BCUT2D eigenvalue weighted by Gasteiger charge is 2.10. The quantitative estimate of drug-likeness (QED) is 0.809. The fraction of sp³-hybridized carbons (Fsp3) is 0.714. The van der Waals surface area contributed by atoms with E-state index in [1.54, 1.807) is 0 Å². The van der Waals surface area contributed by atoms with Crippen molar-refractivity contribution in [3.05, 3.63) is 23.3 Å². The van der Waals surface area contributed by atoms with E-state index in [0.29, 0.717) is 12.5 Å². The molecule has 1 N–H and O–H groups in total. The lowest BCUT2D eigenvalue weighted by Gasteiger charge is -2.13. The number of ether oxygens (including phenoxy) is 1. The average molecular weight is 251 g/mol. The van der Waals surface area contributed by atoms with E-state index in [2.05, 4.69) is 29.1 Å². The van der Waals surface area contributed by atoms with Crippen LogP contribution in [0.4, 0.5) is 0 Å². The molecule has 4 nitrogen and oxygen atoms in total. The molecule has 1 aromatic rings. The fourth-order valence-electron chi connectivity index (χ4n) is 1.74. The monoisotopic (exact) mass is 251 g/mol. The van der Waals surface area contributed by atoms with Crippen LogP contribution < -0.4 is 5.32 Å². The normalized spacial score (nSPS) is 13.0. The minimum absolute atomic E-state index is 0.0428. The molecular formula is C14H25N3O. The lowest BCUT2D eigenvalue weighted by atomic mass is 10.2. The molecular weight excluding hydrogens is 226 g/mol. The van der Waals surface area contributed by atoms with Gasteiger partial charge in [0.25, 0.3) is 0 Å². The first-order chi connectivity index (χ1) is 8.52. The zero-order valence-electron chi connectivity index (χ0n) is 12.2. The third-order valence-electron chi connectivity index (χ3n) is 2.56. The third-order valence-corrected chi connectivity index (χ3v) is 2.56. The van der Waals surface area contributed by atoms with Gasteiger partial charge in [0.2, 0.25) is 0 Å². The van der Waals surface area contributed by atoms with E-state index in [1.165, 1.54) is 0 Å². The van der Waals surface area contributed by atoms with Crippen molar-refractivity contribution >= 4 is 0 Å². The summed E-state index contributed by atoms with van der Waals surface area (Å²) in [5, 5.41) is 3.40. The summed E-state index contributed by atoms with van der Waals surface area (Å²) in [6.07, 6.45) is -0.0428. The molecule has 0 spiro atoms. The summed E-state index contributed by atoms with van der Waals surface area (Å²) in [5.41, 5.74) is 2.03. The molecule has 0 radical (unpaired) electrons. The van der Waals surface area contributed by atoms with Gasteiger partial charge in [0, 0.05) is 18.8 Å². The molecule has 4 heteroatoms. The maximum Gasteiger partial charge on any atom is 0.157 e. The molecule has 0 amide bonds. The molecule has 1 aromatic heterocycles. The van der Waals surface area contributed by atoms with E-state index < -0.39 is 0 Å². The predicted molar refractivity (Wildman–Crippen MR) is 73.4 cm³/mol. The van der Waals surface area contributed by atoms with Gasteiger partial charge in [-0.25, -0.2) is 9.97 Å². The number of nitrogens with one attached hydrogen (secondary N) is 1. The number of aromatic nitrogens is 2. The Morgan fingerprint density at radius 2 is 2.00 bits per heavy atom. The molecule has 1 atom stereocenters. The van der Waals surface area contributed by atoms with E-state index in [1.807, 2.05) is 26.8 Å². The number of aryl methyl sites for hydroxylation is 1. The number of rotatable bonds is 7. The van der Waals surface area contributed by atoms with Crippen LogP contribution in [0.2, 0.25) is 0 Å². The largest absolute Gasteiger partial charge is 0.371 e. The highest BCUT2D eigenvalue weighted by Crippen LogP contribution is 2.13. The van der Waals surface area contributed by atoms with E-state index in [0.717, 1.165) is 30.3 Å². The second-order valence-electron chi connectivity index (χ2n) is 4.98. The van der Waals surface area contributed by atoms with Crippen molar-refractivity contribution in [3.63, 3.8) is 0 Å². The Kier molecular flexibility index (Phi) is 6.22. The van der Waals surface area contributed by atoms with Gasteiger partial charge < -0.3 is 10.1 Å². The minimum Gasteiger partial charge on any atom is -0.371 e. The maximum absolute atomic E-state index is 5.54. The van der Waals surface area contributed by atoms with Gasteiger partial charge in [0.05, 0.1) is 5.69 Å². The van der Waals surface area contributed by atoms with E-state index in [4.69, 9.17) is 4.74 Å². The number of hydrogen-bond acceptors (Lipinski definition) is 4. The van der Waals surface area contributed by atoms with Crippen LogP contribution in [0, 0.1) is 12.8 Å². The Balaban J connectivity index is 2.68. The minimum atomic E-state index is -0.0428. The molecule has 1 heterocycles. The molecule has 18 heavy (non-hydrogen) atoms. The zero-order valence-corrected chi connectivity index (χ0v) is 12.2. The number of nitrogens with zero attached hydrogens (tertiary/aromatic N) is 2. The van der Waals surface area contributed by atoms with Gasteiger partial charge in [-0.05, 0) is 39.3 Å². The molecule has 0 fully saturated rings. The van der Waals surface area contributed by atoms with Crippen molar-refractivity contribution in [1.82, 2.24) is 15.3 Å². The first-order valence-electron chi connectivity index (χ1n) is 6.69. The van der Waals surface area contributed by atoms with Crippen molar-refractivity contribution in [1.29, 1.82) is 0 Å². The first-order valence-corrected chi connectivity index (χ1v) is 6.69. The van der Waals surface area contributed by atoms with Gasteiger partial charge in [-0.15, -0.1) is 0 Å². The van der Waals surface area contributed by atoms with Crippen LogP contribution >= 0.6 is 0 Å². The smallest absolute Gasteiger partial charge is 0.157 e. The van der Waals surface area contributed by atoms with E-state index in [9.17, 15) is 0 Å². The lowest BCUT2D eigenvalue weighted by molar-refractivity contribution is 0.0697. The van der Waals surface area contributed by atoms with Gasteiger partial charge in [-0.1, -0.05) is 13.8 Å². The van der Waals surface area contributed by atoms with Crippen LogP contribution in [0.15, 0.2) is 6.07 Å². The molecule has 102 valence electrons. The third kappa shape index (κ3) is 5.10. The highest BCUT2D eigenvalue weighted by atomic mass is 16.5. The summed E-state index contributed by atoms with van der Waals surface area (Å²) in [7, 11) is 0. The van der Waals surface area contributed by atoms with Crippen LogP contribution in [-0.2, 0) is 11.3 Å². The van der Waals surface area contributed by atoms with Crippen LogP contribution in [0.25, 0.3) is 0 Å². The molecule has 0 aromatic carbocycles. The SMILES string of the molecule is CCOC(C)c1nc(C)cc(CNCC(C)C)n1. The lowest BCUT2D eigenvalue weighted by Crippen LogP contribution is -2.20. The Morgan fingerprint density at radius 3 is 2.61 bits per heavy atom. The van der Waals surface area contributed by atoms with Gasteiger partial charge >= 0.3 is 0 Å². The van der Waals surface area contributed by atoms with Crippen molar-refractivity contribution in [2.45, 2.75) is 47.3 Å². The maximum atomic E-state index is 5.54. The van der Waals surface area contributed by atoms with Crippen molar-refractivity contribution in [3.8, 4) is 0 Å². The van der Waals surface area contributed by atoms with Crippen LogP contribution in [0.1, 0.15) is 51.0 Å². The summed E-state index contributed by atoms with van der Waals surface area (Å²) >= 11 is 0. The summed E-state index contributed by atoms with van der Waals surface area (Å²) in [6.45, 7) is 12.8. The molecule has 1 unspecified atom stereocenters.